The average Bonchev–Trinajstić information content (AvgIpc) is 3.64. The zero-order valence-corrected chi connectivity index (χ0v) is 25.1. The number of H-pyrrole nitrogens is 1. The molecule has 1 aliphatic heterocycles. The number of benzene rings is 2. The van der Waals surface area contributed by atoms with E-state index in [0.717, 1.165) is 61.0 Å². The van der Waals surface area contributed by atoms with Gasteiger partial charge < -0.3 is 26.0 Å². The lowest BCUT2D eigenvalue weighted by molar-refractivity contribution is -0.130. The fourth-order valence-corrected chi connectivity index (χ4v) is 5.84. The molecule has 5 N–H and O–H groups in total. The van der Waals surface area contributed by atoms with E-state index in [1.807, 2.05) is 36.7 Å². The van der Waals surface area contributed by atoms with Crippen LogP contribution >= 0.6 is 0 Å². The van der Waals surface area contributed by atoms with Gasteiger partial charge in [-0.3, -0.25) is 9.59 Å². The number of aromatic amines is 1. The van der Waals surface area contributed by atoms with Crippen molar-refractivity contribution in [3.8, 4) is 22.5 Å². The van der Waals surface area contributed by atoms with E-state index in [4.69, 9.17) is 10.5 Å². The third kappa shape index (κ3) is 7.67. The molecule has 0 spiro atoms. The van der Waals surface area contributed by atoms with Crippen molar-refractivity contribution in [3.63, 3.8) is 0 Å². The van der Waals surface area contributed by atoms with Gasteiger partial charge in [-0.25, -0.2) is 9.97 Å². The van der Waals surface area contributed by atoms with E-state index < -0.39 is 6.04 Å². The van der Waals surface area contributed by atoms with Crippen molar-refractivity contribution in [1.82, 2.24) is 35.9 Å². The third-order valence-electron chi connectivity index (χ3n) is 8.60. The number of carbonyl (C=O) groups is 2. The number of carbonyl (C=O) groups excluding carboxylic acids is 2. The summed E-state index contributed by atoms with van der Waals surface area (Å²) in [6.45, 7) is 3.55. The quantitative estimate of drug-likeness (QED) is 0.209. The lowest BCUT2D eigenvalue weighted by Crippen LogP contribution is -2.48. The van der Waals surface area contributed by atoms with Gasteiger partial charge in [-0.2, -0.15) is 5.21 Å². The van der Waals surface area contributed by atoms with E-state index in [0.29, 0.717) is 49.6 Å². The second-order valence-electron chi connectivity index (χ2n) is 11.6. The summed E-state index contributed by atoms with van der Waals surface area (Å²) >= 11 is 0. The molecule has 2 aromatic heterocycles. The molecule has 1 atom stereocenters. The molecule has 45 heavy (non-hydrogen) atoms. The molecule has 3 heterocycles. The number of nitrogens with zero attached hydrogens (tertiary/aromatic N) is 6. The summed E-state index contributed by atoms with van der Waals surface area (Å²) in [7, 11) is 0. The minimum Gasteiger partial charge on any atom is -0.378 e. The van der Waals surface area contributed by atoms with Gasteiger partial charge in [0.05, 0.1) is 13.2 Å². The highest BCUT2D eigenvalue weighted by Gasteiger charge is 2.29. The molecule has 13 nitrogen and oxygen atoms in total. The van der Waals surface area contributed by atoms with Gasteiger partial charge >= 0.3 is 0 Å². The largest absolute Gasteiger partial charge is 0.378 e. The SMILES string of the molecule is NCC1CCC(C(=O)NC(Cc2ccc(-c3cnc(N4CCOCC4)nc3)cc2)C(=O)Nc2ccc(-c3nn[nH]n3)cc2)CC1. The zero-order valence-electron chi connectivity index (χ0n) is 25.1. The lowest BCUT2D eigenvalue weighted by Gasteiger charge is -2.28. The van der Waals surface area contributed by atoms with Gasteiger partial charge in [0.2, 0.25) is 23.6 Å². The van der Waals surface area contributed by atoms with Gasteiger partial charge in [0.25, 0.3) is 0 Å². The molecule has 4 aromatic rings. The van der Waals surface area contributed by atoms with Gasteiger partial charge in [0.15, 0.2) is 0 Å². The average molecular weight is 611 g/mol. The molecule has 6 rings (SSSR count). The normalized spacial score (nSPS) is 19.1. The van der Waals surface area contributed by atoms with Crippen molar-refractivity contribution in [2.75, 3.05) is 43.1 Å². The number of amides is 2. The van der Waals surface area contributed by atoms with E-state index in [1.54, 1.807) is 24.3 Å². The van der Waals surface area contributed by atoms with Gasteiger partial charge in [-0.15, -0.1) is 10.2 Å². The predicted octanol–water partition coefficient (Wildman–Crippen LogP) is 2.59. The molecule has 2 aliphatic rings. The molecule has 2 fully saturated rings. The van der Waals surface area contributed by atoms with Crippen LogP contribution in [0.5, 0.6) is 0 Å². The number of nitrogens with one attached hydrogen (secondary N) is 3. The standard InChI is InChI=1S/C32H38N10O3/c33-18-22-3-7-25(8-4-22)30(43)37-28(31(44)36-27-11-9-24(10-12-27)29-38-40-41-39-29)17-21-1-5-23(6-2-21)26-19-34-32(35-20-26)42-13-15-45-16-14-42/h1-2,5-6,9-12,19-20,22,25,28H,3-4,7-8,13-18,33H2,(H,36,44)(H,37,43)(H,38,39,40,41). The molecule has 2 aromatic carbocycles. The highest BCUT2D eigenvalue weighted by molar-refractivity contribution is 5.97. The third-order valence-corrected chi connectivity index (χ3v) is 8.60. The van der Waals surface area contributed by atoms with E-state index in [9.17, 15) is 9.59 Å². The number of rotatable bonds is 10. The van der Waals surface area contributed by atoms with Crippen LogP contribution in [-0.2, 0) is 20.7 Å². The van der Waals surface area contributed by atoms with E-state index in [1.165, 1.54) is 0 Å². The molecule has 2 amide bonds. The summed E-state index contributed by atoms with van der Waals surface area (Å²) in [4.78, 5) is 38.2. The molecule has 234 valence electrons. The van der Waals surface area contributed by atoms with Crippen LogP contribution in [0.1, 0.15) is 31.2 Å². The number of aromatic nitrogens is 6. The molecule has 1 unspecified atom stereocenters. The highest BCUT2D eigenvalue weighted by Crippen LogP contribution is 2.28. The van der Waals surface area contributed by atoms with Crippen LogP contribution in [0.4, 0.5) is 11.6 Å². The van der Waals surface area contributed by atoms with Crippen LogP contribution < -0.4 is 21.3 Å². The van der Waals surface area contributed by atoms with Crippen molar-refractivity contribution in [1.29, 1.82) is 0 Å². The maximum Gasteiger partial charge on any atom is 0.247 e. The molecule has 0 radical (unpaired) electrons. The van der Waals surface area contributed by atoms with Crippen molar-refractivity contribution in [2.24, 2.45) is 17.6 Å². The lowest BCUT2D eigenvalue weighted by atomic mass is 9.81. The summed E-state index contributed by atoms with van der Waals surface area (Å²) in [6.07, 6.45) is 7.40. The van der Waals surface area contributed by atoms with E-state index in [2.05, 4.69) is 46.1 Å². The fourth-order valence-electron chi connectivity index (χ4n) is 5.84. The van der Waals surface area contributed by atoms with Gasteiger partial charge in [0.1, 0.15) is 6.04 Å². The van der Waals surface area contributed by atoms with Crippen LogP contribution in [0.2, 0.25) is 0 Å². The monoisotopic (exact) mass is 610 g/mol. The fraction of sp³-hybridized carbons (Fsp3) is 0.406. The first-order chi connectivity index (χ1) is 22.1. The number of anilines is 2. The van der Waals surface area contributed by atoms with Crippen LogP contribution in [0, 0.1) is 11.8 Å². The summed E-state index contributed by atoms with van der Waals surface area (Å²) in [6, 6.07) is 14.3. The summed E-state index contributed by atoms with van der Waals surface area (Å²) in [5, 5.41) is 20.0. The predicted molar refractivity (Wildman–Crippen MR) is 169 cm³/mol. The summed E-state index contributed by atoms with van der Waals surface area (Å²) in [5.74, 6) is 1.12. The summed E-state index contributed by atoms with van der Waals surface area (Å²) in [5.41, 5.74) is 10.0. The molecule has 1 aliphatic carbocycles. The van der Waals surface area contributed by atoms with Gasteiger partial charge in [-0.1, -0.05) is 24.3 Å². The Kier molecular flexibility index (Phi) is 9.66. The topological polar surface area (TPSA) is 177 Å². The molecular weight excluding hydrogens is 572 g/mol. The van der Waals surface area contributed by atoms with Gasteiger partial charge in [-0.05, 0) is 78.8 Å². The van der Waals surface area contributed by atoms with Crippen molar-refractivity contribution >= 4 is 23.5 Å². The van der Waals surface area contributed by atoms with E-state index >= 15 is 0 Å². The molecule has 1 saturated carbocycles. The number of morpholine rings is 1. The van der Waals surface area contributed by atoms with Crippen molar-refractivity contribution in [2.45, 2.75) is 38.1 Å². The van der Waals surface area contributed by atoms with Crippen molar-refractivity contribution in [3.05, 3.63) is 66.5 Å². The summed E-state index contributed by atoms with van der Waals surface area (Å²) < 4.78 is 5.42. The van der Waals surface area contributed by atoms with Crippen LogP contribution in [0.25, 0.3) is 22.5 Å². The maximum atomic E-state index is 13.6. The molecular formula is C32H38N10O3. The molecule has 0 bridgehead atoms. The maximum absolute atomic E-state index is 13.6. The zero-order chi connectivity index (χ0) is 31.0. The Morgan fingerprint density at radius 2 is 1.62 bits per heavy atom. The molecule has 1 saturated heterocycles. The highest BCUT2D eigenvalue weighted by atomic mass is 16.5. The number of hydrogen-bond donors (Lipinski definition) is 4. The minimum absolute atomic E-state index is 0.0906. The Morgan fingerprint density at radius 3 is 2.27 bits per heavy atom. The molecule has 13 heteroatoms. The number of ether oxygens (including phenoxy) is 1. The first kappa shape index (κ1) is 30.3. The Morgan fingerprint density at radius 1 is 0.933 bits per heavy atom. The second-order valence-corrected chi connectivity index (χ2v) is 11.6. The smallest absolute Gasteiger partial charge is 0.247 e. The number of nitrogens with two attached hydrogens (primary N) is 1. The van der Waals surface area contributed by atoms with Gasteiger partial charge in [0, 0.05) is 54.6 Å². The Balaban J connectivity index is 1.14. The number of tetrazole rings is 1. The van der Waals surface area contributed by atoms with Crippen LogP contribution in [0.15, 0.2) is 60.9 Å². The first-order valence-corrected chi connectivity index (χ1v) is 15.4. The van der Waals surface area contributed by atoms with E-state index in [-0.39, 0.29) is 17.7 Å². The minimum atomic E-state index is -0.761. The second kappa shape index (κ2) is 14.4. The first-order valence-electron chi connectivity index (χ1n) is 15.4. The Bertz CT molecular complexity index is 1530. The number of hydrogen-bond acceptors (Lipinski definition) is 10. The van der Waals surface area contributed by atoms with Crippen LogP contribution in [-0.4, -0.2) is 81.3 Å². The Labute approximate surface area is 261 Å². The van der Waals surface area contributed by atoms with Crippen LogP contribution in [0.3, 0.4) is 0 Å². The Hall–Kier alpha value is -4.75. The van der Waals surface area contributed by atoms with Crippen molar-refractivity contribution < 1.29 is 14.3 Å².